The van der Waals surface area contributed by atoms with Crippen molar-refractivity contribution in [3.63, 3.8) is 0 Å². The zero-order valence-electron chi connectivity index (χ0n) is 8.66. The van der Waals surface area contributed by atoms with Crippen LogP contribution in [0.3, 0.4) is 0 Å². The lowest BCUT2D eigenvalue weighted by Crippen LogP contribution is -2.22. The number of amides is 1. The first-order chi connectivity index (χ1) is 7.04. The van der Waals surface area contributed by atoms with Crippen molar-refractivity contribution in [2.75, 3.05) is 11.9 Å². The van der Waals surface area contributed by atoms with Crippen molar-refractivity contribution in [1.82, 2.24) is 4.98 Å². The van der Waals surface area contributed by atoms with Gasteiger partial charge in [0, 0.05) is 5.69 Å². The predicted molar refractivity (Wildman–Crippen MR) is 56.1 cm³/mol. The molecule has 5 heteroatoms. The molecule has 0 unspecified atom stereocenters. The van der Waals surface area contributed by atoms with E-state index in [9.17, 15) is 4.79 Å². The van der Waals surface area contributed by atoms with Gasteiger partial charge in [0.25, 0.3) is 0 Å². The molecule has 0 bridgehead atoms. The summed E-state index contributed by atoms with van der Waals surface area (Å²) < 4.78 is 0. The van der Waals surface area contributed by atoms with Crippen molar-refractivity contribution in [2.24, 2.45) is 5.73 Å². The molecule has 3 N–H and O–H groups in total. The molecular weight excluding hydrogens is 192 g/mol. The van der Waals surface area contributed by atoms with E-state index in [1.165, 1.54) is 0 Å². The van der Waals surface area contributed by atoms with Crippen LogP contribution in [0.5, 0.6) is 0 Å². The summed E-state index contributed by atoms with van der Waals surface area (Å²) in [5.74, 6) is -0.0753. The van der Waals surface area contributed by atoms with Crippen LogP contribution in [0.1, 0.15) is 16.8 Å². The summed E-state index contributed by atoms with van der Waals surface area (Å²) in [7, 11) is 0. The summed E-state index contributed by atoms with van der Waals surface area (Å²) in [6.07, 6.45) is 0. The Labute approximate surface area is 87.9 Å². The number of hydrogen-bond donors (Lipinski definition) is 2. The van der Waals surface area contributed by atoms with Gasteiger partial charge >= 0.3 is 0 Å². The first-order valence-electron chi connectivity index (χ1n) is 4.45. The Morgan fingerprint density at radius 1 is 1.67 bits per heavy atom. The highest BCUT2D eigenvalue weighted by Gasteiger charge is 2.08. The second-order valence-electron chi connectivity index (χ2n) is 3.24. The smallest absolute Gasteiger partial charge is 0.236 e. The number of rotatable bonds is 3. The summed E-state index contributed by atoms with van der Waals surface area (Å²) >= 11 is 0. The molecule has 0 aromatic carbocycles. The van der Waals surface area contributed by atoms with E-state index < -0.39 is 5.91 Å². The normalized spacial score (nSPS) is 9.40. The van der Waals surface area contributed by atoms with E-state index in [4.69, 9.17) is 11.0 Å². The molecule has 0 radical (unpaired) electrons. The largest absolute Gasteiger partial charge is 0.368 e. The second kappa shape index (κ2) is 4.42. The van der Waals surface area contributed by atoms with E-state index in [0.29, 0.717) is 11.4 Å². The number of nitriles is 1. The van der Waals surface area contributed by atoms with Gasteiger partial charge in [-0.25, -0.2) is 4.98 Å². The maximum absolute atomic E-state index is 10.6. The van der Waals surface area contributed by atoms with E-state index in [2.05, 4.69) is 10.3 Å². The Kier molecular flexibility index (Phi) is 3.24. The third kappa shape index (κ3) is 2.68. The van der Waals surface area contributed by atoms with E-state index in [0.717, 1.165) is 11.3 Å². The second-order valence-corrected chi connectivity index (χ2v) is 3.24. The fourth-order valence-corrected chi connectivity index (χ4v) is 1.28. The molecule has 0 saturated carbocycles. The molecule has 1 heterocycles. The van der Waals surface area contributed by atoms with Crippen LogP contribution < -0.4 is 11.1 Å². The van der Waals surface area contributed by atoms with E-state index in [1.807, 2.05) is 26.0 Å². The van der Waals surface area contributed by atoms with Gasteiger partial charge in [-0.3, -0.25) is 4.79 Å². The van der Waals surface area contributed by atoms with Gasteiger partial charge in [-0.1, -0.05) is 0 Å². The Hall–Kier alpha value is -2.09. The molecule has 0 saturated heterocycles. The van der Waals surface area contributed by atoms with Gasteiger partial charge in [-0.05, 0) is 25.5 Å². The number of hydrogen-bond acceptors (Lipinski definition) is 4. The van der Waals surface area contributed by atoms with Gasteiger partial charge in [0.2, 0.25) is 5.91 Å². The van der Waals surface area contributed by atoms with Crippen LogP contribution in [0, 0.1) is 25.2 Å². The molecule has 0 spiro atoms. The van der Waals surface area contributed by atoms with Crippen LogP contribution in [0.4, 0.5) is 5.82 Å². The predicted octanol–water partition coefficient (Wildman–Crippen LogP) is 0.467. The maximum atomic E-state index is 10.6. The van der Waals surface area contributed by atoms with Crippen LogP contribution >= 0.6 is 0 Å². The molecule has 0 fully saturated rings. The van der Waals surface area contributed by atoms with Crippen LogP contribution in [-0.2, 0) is 4.79 Å². The number of carbonyl (C=O) groups excluding carboxylic acids is 1. The lowest BCUT2D eigenvalue weighted by Gasteiger charge is -2.08. The number of nitrogens with two attached hydrogens (primary N) is 1. The number of nitrogens with one attached hydrogen (secondary N) is 1. The Bertz CT molecular complexity index is 434. The quantitative estimate of drug-likeness (QED) is 0.748. The number of primary amides is 1. The fraction of sp³-hybridized carbons (Fsp3) is 0.300. The molecule has 0 aliphatic heterocycles. The van der Waals surface area contributed by atoms with Crippen LogP contribution in [-0.4, -0.2) is 17.4 Å². The van der Waals surface area contributed by atoms with Crippen molar-refractivity contribution in [3.8, 4) is 6.07 Å². The fourth-order valence-electron chi connectivity index (χ4n) is 1.28. The molecule has 5 nitrogen and oxygen atoms in total. The highest BCUT2D eigenvalue weighted by molar-refractivity contribution is 5.79. The topological polar surface area (TPSA) is 91.8 Å². The number of pyridine rings is 1. The average molecular weight is 204 g/mol. The number of anilines is 1. The molecular formula is C10H12N4O. The van der Waals surface area contributed by atoms with Crippen LogP contribution in [0.2, 0.25) is 0 Å². The van der Waals surface area contributed by atoms with Crippen molar-refractivity contribution in [2.45, 2.75) is 13.8 Å². The molecule has 1 aromatic rings. The molecule has 1 amide bonds. The SMILES string of the molecule is Cc1cc(C)c(C#N)c(NCC(N)=O)n1. The van der Waals surface area contributed by atoms with E-state index in [1.54, 1.807) is 0 Å². The summed E-state index contributed by atoms with van der Waals surface area (Å²) in [6.45, 7) is 3.62. The van der Waals surface area contributed by atoms with Gasteiger partial charge in [0.05, 0.1) is 12.1 Å². The summed E-state index contributed by atoms with van der Waals surface area (Å²) in [5, 5.41) is 11.6. The highest BCUT2D eigenvalue weighted by Crippen LogP contribution is 2.16. The number of aromatic nitrogens is 1. The molecule has 0 aliphatic carbocycles. The zero-order valence-corrected chi connectivity index (χ0v) is 8.66. The Morgan fingerprint density at radius 3 is 2.87 bits per heavy atom. The first-order valence-corrected chi connectivity index (χ1v) is 4.45. The third-order valence-corrected chi connectivity index (χ3v) is 1.89. The van der Waals surface area contributed by atoms with Crippen molar-refractivity contribution in [1.29, 1.82) is 5.26 Å². The van der Waals surface area contributed by atoms with Gasteiger partial charge in [-0.2, -0.15) is 5.26 Å². The van der Waals surface area contributed by atoms with Gasteiger partial charge in [-0.15, -0.1) is 0 Å². The first kappa shape index (κ1) is 11.0. The molecule has 15 heavy (non-hydrogen) atoms. The third-order valence-electron chi connectivity index (χ3n) is 1.89. The molecule has 0 aliphatic rings. The highest BCUT2D eigenvalue weighted by atomic mass is 16.1. The van der Waals surface area contributed by atoms with Crippen molar-refractivity contribution < 1.29 is 4.79 Å². The monoisotopic (exact) mass is 204 g/mol. The minimum Gasteiger partial charge on any atom is -0.368 e. The number of carbonyl (C=O) groups is 1. The average Bonchev–Trinajstić information content (AvgIpc) is 2.13. The van der Waals surface area contributed by atoms with Gasteiger partial charge in [0.1, 0.15) is 11.9 Å². The minimum atomic E-state index is -0.486. The van der Waals surface area contributed by atoms with Crippen LogP contribution in [0.15, 0.2) is 6.07 Å². The standard InChI is InChI=1S/C10H12N4O/c1-6-3-7(2)14-10(8(6)4-11)13-5-9(12)15/h3H,5H2,1-2H3,(H2,12,15)(H,13,14). The van der Waals surface area contributed by atoms with Crippen molar-refractivity contribution in [3.05, 3.63) is 22.9 Å². The van der Waals surface area contributed by atoms with E-state index >= 15 is 0 Å². The molecule has 0 atom stereocenters. The zero-order chi connectivity index (χ0) is 11.4. The molecule has 1 aromatic heterocycles. The summed E-state index contributed by atoms with van der Waals surface area (Å²) in [4.78, 5) is 14.7. The lowest BCUT2D eigenvalue weighted by atomic mass is 10.1. The Balaban J connectivity index is 3.05. The minimum absolute atomic E-state index is 0.0232. The molecule has 78 valence electrons. The summed E-state index contributed by atoms with van der Waals surface area (Å²) in [5.41, 5.74) is 7.06. The maximum Gasteiger partial charge on any atom is 0.236 e. The van der Waals surface area contributed by atoms with Gasteiger partial charge < -0.3 is 11.1 Å². The van der Waals surface area contributed by atoms with Gasteiger partial charge in [0.15, 0.2) is 0 Å². The molecule has 1 rings (SSSR count). The lowest BCUT2D eigenvalue weighted by molar-refractivity contribution is -0.116. The summed E-state index contributed by atoms with van der Waals surface area (Å²) in [6, 6.07) is 3.85. The number of nitrogens with zero attached hydrogens (tertiary/aromatic N) is 2. The number of aryl methyl sites for hydroxylation is 2. The van der Waals surface area contributed by atoms with Crippen LogP contribution in [0.25, 0.3) is 0 Å². The Morgan fingerprint density at radius 2 is 2.33 bits per heavy atom. The van der Waals surface area contributed by atoms with Crippen molar-refractivity contribution >= 4 is 11.7 Å². The van der Waals surface area contributed by atoms with E-state index in [-0.39, 0.29) is 6.54 Å².